The summed E-state index contributed by atoms with van der Waals surface area (Å²) in [5.74, 6) is 0. The predicted molar refractivity (Wildman–Crippen MR) is 49.8 cm³/mol. The van der Waals surface area contributed by atoms with Crippen molar-refractivity contribution < 1.29 is 9.82 Å². The number of halogens is 2. The van der Waals surface area contributed by atoms with Crippen LogP contribution in [0, 0.1) is 0 Å². The fourth-order valence-electron chi connectivity index (χ4n) is 0.891. The summed E-state index contributed by atoms with van der Waals surface area (Å²) >= 11 is 0. The van der Waals surface area contributed by atoms with Crippen molar-refractivity contribution in [3.05, 3.63) is 0 Å². The van der Waals surface area contributed by atoms with Gasteiger partial charge in [-0.15, -0.1) is 0 Å². The SMILES string of the molecule is CCCC[P+](F)(F)CCCC.[H+]. The Balaban J connectivity index is 0. The third-order valence-electron chi connectivity index (χ3n) is 1.68. The van der Waals surface area contributed by atoms with Gasteiger partial charge in [-0.05, 0) is 21.2 Å². The van der Waals surface area contributed by atoms with Gasteiger partial charge in [0.2, 0.25) is 0 Å². The van der Waals surface area contributed by atoms with Gasteiger partial charge in [-0.1, -0.05) is 26.7 Å². The zero-order valence-corrected chi connectivity index (χ0v) is 8.34. The summed E-state index contributed by atoms with van der Waals surface area (Å²) < 4.78 is 25.8. The van der Waals surface area contributed by atoms with E-state index < -0.39 is 7.88 Å². The molecule has 0 bridgehead atoms. The minimum absolute atomic E-state index is 0. The van der Waals surface area contributed by atoms with Crippen LogP contribution >= 0.6 is 7.88 Å². The maximum absolute atomic E-state index is 12.9. The number of hydrogen-bond donors (Lipinski definition) is 0. The number of hydrogen-bond acceptors (Lipinski definition) is 0. The molecule has 0 spiro atoms. The summed E-state index contributed by atoms with van der Waals surface area (Å²) in [6.45, 7) is 3.92. The summed E-state index contributed by atoms with van der Waals surface area (Å²) in [7, 11) is -3.48. The Morgan fingerprint density at radius 3 is 1.64 bits per heavy atom. The van der Waals surface area contributed by atoms with E-state index in [2.05, 4.69) is 0 Å². The molecule has 0 saturated heterocycles. The van der Waals surface area contributed by atoms with E-state index in [0.29, 0.717) is 12.8 Å². The summed E-state index contributed by atoms with van der Waals surface area (Å²) in [4.78, 5) is 0. The molecule has 0 N–H and O–H groups in total. The van der Waals surface area contributed by atoms with Crippen LogP contribution < -0.4 is 0 Å². The first kappa shape index (κ1) is 11.3. The van der Waals surface area contributed by atoms with Crippen molar-refractivity contribution in [1.29, 1.82) is 0 Å². The Labute approximate surface area is 70.4 Å². The standard InChI is InChI=1S/C8H18F2P/c1-3-5-7-11(9,10)8-6-4-2/h3-8H2,1-2H3/q+1/p+1. The third kappa shape index (κ3) is 6.68. The van der Waals surface area contributed by atoms with Gasteiger partial charge in [0.25, 0.3) is 0 Å². The van der Waals surface area contributed by atoms with Gasteiger partial charge in [-0.25, -0.2) is 0 Å². The molecule has 0 fully saturated rings. The van der Waals surface area contributed by atoms with Gasteiger partial charge in [0, 0.05) is 0 Å². The summed E-state index contributed by atoms with van der Waals surface area (Å²) in [6.07, 6.45) is 3.55. The zero-order chi connectivity index (χ0) is 8.74. The molecule has 0 atom stereocenters. The van der Waals surface area contributed by atoms with Crippen molar-refractivity contribution in [1.82, 2.24) is 0 Å². The lowest BCUT2D eigenvalue weighted by molar-refractivity contribution is 0.666. The van der Waals surface area contributed by atoms with Crippen LogP contribution in [0.3, 0.4) is 0 Å². The zero-order valence-electron chi connectivity index (χ0n) is 8.45. The molecule has 3 heteroatoms. The minimum Gasteiger partial charge on any atom is -0.0652 e. The van der Waals surface area contributed by atoms with E-state index in [1.165, 1.54) is 0 Å². The van der Waals surface area contributed by atoms with Crippen molar-refractivity contribution in [2.45, 2.75) is 39.5 Å². The molecule has 68 valence electrons. The molecule has 0 amide bonds. The van der Waals surface area contributed by atoms with Gasteiger partial charge in [0.1, 0.15) is 12.3 Å². The first-order valence-electron chi connectivity index (χ1n) is 4.38. The highest BCUT2D eigenvalue weighted by atomic mass is 31.2. The Kier molecular flexibility index (Phi) is 6.03. The number of rotatable bonds is 6. The van der Waals surface area contributed by atoms with Gasteiger partial charge < -0.3 is 0 Å². The van der Waals surface area contributed by atoms with Crippen LogP contribution in [0.15, 0.2) is 0 Å². The van der Waals surface area contributed by atoms with Crippen molar-refractivity contribution in [3.63, 3.8) is 0 Å². The van der Waals surface area contributed by atoms with Crippen LogP contribution in [0.25, 0.3) is 0 Å². The smallest absolute Gasteiger partial charge is 0.0652 e. The molecule has 0 aromatic carbocycles. The van der Waals surface area contributed by atoms with E-state index in [-0.39, 0.29) is 13.8 Å². The molecule has 0 aromatic rings. The Hall–Kier alpha value is 0.290. The van der Waals surface area contributed by atoms with Crippen LogP contribution in [0.4, 0.5) is 8.39 Å². The van der Waals surface area contributed by atoms with E-state index in [9.17, 15) is 8.39 Å². The largest absolute Gasteiger partial charge is 1.00 e. The lowest BCUT2D eigenvalue weighted by atomic mass is 10.4. The molecule has 0 aliphatic rings. The average Bonchev–Trinajstić information content (AvgIpc) is 1.97. The van der Waals surface area contributed by atoms with Crippen molar-refractivity contribution >= 4 is 7.88 Å². The minimum atomic E-state index is -3.48. The van der Waals surface area contributed by atoms with Crippen LogP contribution in [-0.2, 0) is 0 Å². The second-order valence-corrected chi connectivity index (χ2v) is 5.35. The molecular formula is C8H19F2P+2. The van der Waals surface area contributed by atoms with E-state index in [0.717, 1.165) is 12.8 Å². The monoisotopic (exact) mass is 184 g/mol. The van der Waals surface area contributed by atoms with Gasteiger partial charge >= 0.3 is 9.31 Å². The van der Waals surface area contributed by atoms with Gasteiger partial charge in [-0.2, -0.15) is 0 Å². The molecular weight excluding hydrogens is 165 g/mol. The van der Waals surface area contributed by atoms with Crippen molar-refractivity contribution in [3.8, 4) is 0 Å². The second kappa shape index (κ2) is 5.88. The predicted octanol–water partition coefficient (Wildman–Crippen LogP) is 4.49. The van der Waals surface area contributed by atoms with Crippen LogP contribution in [0.5, 0.6) is 0 Å². The summed E-state index contributed by atoms with van der Waals surface area (Å²) in [6, 6.07) is 0. The topological polar surface area (TPSA) is 0 Å². The van der Waals surface area contributed by atoms with E-state index >= 15 is 0 Å². The summed E-state index contributed by atoms with van der Waals surface area (Å²) in [5.41, 5.74) is 0. The molecule has 0 radical (unpaired) electrons. The maximum atomic E-state index is 12.9. The molecule has 0 saturated carbocycles. The van der Waals surface area contributed by atoms with Crippen molar-refractivity contribution in [2.75, 3.05) is 12.3 Å². The van der Waals surface area contributed by atoms with Gasteiger partial charge in [0.05, 0.1) is 0 Å². The van der Waals surface area contributed by atoms with E-state index in [4.69, 9.17) is 0 Å². The highest BCUT2D eigenvalue weighted by Gasteiger charge is 2.38. The highest BCUT2D eigenvalue weighted by molar-refractivity contribution is 7.65. The Morgan fingerprint density at radius 1 is 1.00 bits per heavy atom. The molecule has 0 aliphatic heterocycles. The molecule has 0 nitrogen and oxygen atoms in total. The molecule has 0 aliphatic carbocycles. The van der Waals surface area contributed by atoms with E-state index in [1.54, 1.807) is 0 Å². The van der Waals surface area contributed by atoms with Crippen LogP contribution in [0.2, 0.25) is 0 Å². The molecule has 11 heavy (non-hydrogen) atoms. The highest BCUT2D eigenvalue weighted by Crippen LogP contribution is 2.63. The molecule has 0 aromatic heterocycles. The Morgan fingerprint density at radius 2 is 1.36 bits per heavy atom. The maximum Gasteiger partial charge on any atom is 1.00 e. The van der Waals surface area contributed by atoms with E-state index in [1.807, 2.05) is 13.8 Å². The molecule has 0 rings (SSSR count). The number of unbranched alkanes of at least 4 members (excludes halogenated alkanes) is 2. The molecule has 0 unspecified atom stereocenters. The van der Waals surface area contributed by atoms with Gasteiger partial charge in [-0.3, -0.25) is 0 Å². The third-order valence-corrected chi connectivity index (χ3v) is 3.62. The average molecular weight is 184 g/mol. The van der Waals surface area contributed by atoms with Crippen molar-refractivity contribution in [2.24, 2.45) is 0 Å². The quantitative estimate of drug-likeness (QED) is 0.533. The first-order chi connectivity index (χ1) is 5.12. The first-order valence-corrected chi connectivity index (χ1v) is 6.33. The lowest BCUT2D eigenvalue weighted by Crippen LogP contribution is -1.93. The van der Waals surface area contributed by atoms with Gasteiger partial charge in [0.15, 0.2) is 0 Å². The van der Waals surface area contributed by atoms with Crippen LogP contribution in [-0.4, -0.2) is 12.3 Å². The normalized spacial score (nSPS) is 12.0. The fraction of sp³-hybridized carbons (Fsp3) is 1.00. The second-order valence-electron chi connectivity index (χ2n) is 2.92. The fourth-order valence-corrected chi connectivity index (χ4v) is 2.67. The summed E-state index contributed by atoms with van der Waals surface area (Å²) in [5, 5.41) is 0. The van der Waals surface area contributed by atoms with Crippen LogP contribution in [0.1, 0.15) is 41.0 Å². The Bertz CT molecular complexity index is 89.1. The lowest BCUT2D eigenvalue weighted by Gasteiger charge is -2.03. The molecule has 0 heterocycles.